The summed E-state index contributed by atoms with van der Waals surface area (Å²) in [5.41, 5.74) is 0.996. The zero-order chi connectivity index (χ0) is 16.6. The summed E-state index contributed by atoms with van der Waals surface area (Å²) in [6, 6.07) is 6.41. The van der Waals surface area contributed by atoms with E-state index in [1.54, 1.807) is 29.2 Å². The predicted molar refractivity (Wildman–Crippen MR) is 82.4 cm³/mol. The van der Waals surface area contributed by atoms with Gasteiger partial charge in [-0.3, -0.25) is 9.59 Å². The first-order valence-electron chi connectivity index (χ1n) is 7.49. The second-order valence-electron chi connectivity index (χ2n) is 5.85. The topological polar surface area (TPSA) is 74.8 Å². The Morgan fingerprint density at radius 2 is 1.74 bits per heavy atom. The number of benzene rings is 1. The second kappa shape index (κ2) is 5.92. The van der Waals surface area contributed by atoms with E-state index in [0.717, 1.165) is 25.9 Å². The minimum absolute atomic E-state index is 0.0500. The average molecular weight is 340 g/mol. The highest BCUT2D eigenvalue weighted by Crippen LogP contribution is 2.26. The number of hydrogen-bond acceptors (Lipinski definition) is 4. The third-order valence-corrected chi connectivity index (χ3v) is 5.42. The van der Waals surface area contributed by atoms with Gasteiger partial charge in [-0.25, -0.2) is 0 Å². The van der Waals surface area contributed by atoms with Gasteiger partial charge in [0.1, 0.15) is 5.25 Å². The molecular weight excluding hydrogens is 323 g/mol. The molecule has 1 atom stereocenters. The highest BCUT2D eigenvalue weighted by atomic mass is 32.3. The fourth-order valence-corrected chi connectivity index (χ4v) is 3.67. The van der Waals surface area contributed by atoms with Crippen LogP contribution in [0.5, 0.6) is 0 Å². The first-order chi connectivity index (χ1) is 10.9. The minimum Gasteiger partial charge on any atom is -0.339 e. The van der Waals surface area contributed by atoms with Gasteiger partial charge in [0.25, 0.3) is 5.91 Å². The Kier molecular flexibility index (Phi) is 4.09. The maximum atomic E-state index is 13.0. The molecule has 0 bridgehead atoms. The van der Waals surface area contributed by atoms with E-state index in [0.29, 0.717) is 11.3 Å². The Labute approximate surface area is 134 Å². The van der Waals surface area contributed by atoms with Crippen molar-refractivity contribution in [2.24, 2.45) is 0 Å². The number of nitrogens with zero attached hydrogens (tertiary/aromatic N) is 2. The summed E-state index contributed by atoms with van der Waals surface area (Å²) in [4.78, 5) is 27.1. The lowest BCUT2D eigenvalue weighted by Crippen LogP contribution is -2.28. The summed E-state index contributed by atoms with van der Waals surface area (Å²) >= 11 is 0. The van der Waals surface area contributed by atoms with Gasteiger partial charge in [-0.1, -0.05) is 0 Å². The van der Waals surface area contributed by atoms with Crippen molar-refractivity contribution >= 4 is 27.7 Å². The largest absolute Gasteiger partial charge is 0.339 e. The molecular formula is C15H17FN2O4S. The van der Waals surface area contributed by atoms with E-state index >= 15 is 0 Å². The molecule has 2 fully saturated rings. The smallest absolute Gasteiger partial charge is 0.307 e. The number of halogens is 1. The summed E-state index contributed by atoms with van der Waals surface area (Å²) in [7, 11) is -4.73. The molecule has 2 aliphatic heterocycles. The molecule has 0 saturated carbocycles. The standard InChI is InChI=1S/C15H17FN2O4S/c16-23(21,22)13-9-14(19)18(10-13)12-5-3-11(4-6-12)15(20)17-7-1-2-8-17/h3-6,13H,1-2,7-10H2. The molecule has 2 saturated heterocycles. The third kappa shape index (κ3) is 3.21. The summed E-state index contributed by atoms with van der Waals surface area (Å²) in [5, 5.41) is -1.32. The molecule has 23 heavy (non-hydrogen) atoms. The SMILES string of the molecule is O=C(c1ccc(N2CC(S(=O)(=O)F)CC2=O)cc1)N1CCCC1. The molecule has 2 heterocycles. The van der Waals surface area contributed by atoms with E-state index in [1.807, 2.05) is 0 Å². The maximum Gasteiger partial charge on any atom is 0.307 e. The van der Waals surface area contributed by atoms with Crippen molar-refractivity contribution in [3.05, 3.63) is 29.8 Å². The van der Waals surface area contributed by atoms with Gasteiger partial charge in [0.15, 0.2) is 0 Å². The van der Waals surface area contributed by atoms with Gasteiger partial charge in [0.2, 0.25) is 5.91 Å². The van der Waals surface area contributed by atoms with Crippen LogP contribution in [0, 0.1) is 0 Å². The fraction of sp³-hybridized carbons (Fsp3) is 0.467. The molecule has 0 aromatic heterocycles. The first kappa shape index (κ1) is 15.9. The highest BCUT2D eigenvalue weighted by Gasteiger charge is 2.39. The Hall–Kier alpha value is -1.96. The quantitative estimate of drug-likeness (QED) is 0.778. The van der Waals surface area contributed by atoms with Gasteiger partial charge >= 0.3 is 10.2 Å². The Morgan fingerprint density at radius 1 is 1.13 bits per heavy atom. The maximum absolute atomic E-state index is 13.0. The number of carbonyl (C=O) groups is 2. The summed E-state index contributed by atoms with van der Waals surface area (Å²) in [5.74, 6) is -0.485. The molecule has 2 aliphatic rings. The van der Waals surface area contributed by atoms with Crippen molar-refractivity contribution in [2.75, 3.05) is 24.5 Å². The Bertz CT molecular complexity index is 726. The van der Waals surface area contributed by atoms with Gasteiger partial charge in [-0.2, -0.15) is 8.42 Å². The zero-order valence-electron chi connectivity index (χ0n) is 12.4. The van der Waals surface area contributed by atoms with E-state index in [-0.39, 0.29) is 18.9 Å². The number of rotatable bonds is 3. The van der Waals surface area contributed by atoms with E-state index in [2.05, 4.69) is 0 Å². The Balaban J connectivity index is 1.75. The van der Waals surface area contributed by atoms with Crippen LogP contribution in [0.4, 0.5) is 9.57 Å². The highest BCUT2D eigenvalue weighted by molar-refractivity contribution is 7.87. The van der Waals surface area contributed by atoms with Crippen LogP contribution in [0.2, 0.25) is 0 Å². The van der Waals surface area contributed by atoms with E-state index < -0.39 is 21.4 Å². The average Bonchev–Trinajstić information content (AvgIpc) is 3.15. The minimum atomic E-state index is -4.73. The number of hydrogen-bond donors (Lipinski definition) is 0. The summed E-state index contributed by atoms with van der Waals surface area (Å²) in [6.07, 6.45) is 1.66. The lowest BCUT2D eigenvalue weighted by Gasteiger charge is -2.18. The van der Waals surface area contributed by atoms with Crippen molar-refractivity contribution in [1.29, 1.82) is 0 Å². The molecule has 0 N–H and O–H groups in total. The molecule has 8 heteroatoms. The summed E-state index contributed by atoms with van der Waals surface area (Å²) < 4.78 is 34.9. The van der Waals surface area contributed by atoms with Crippen molar-refractivity contribution in [2.45, 2.75) is 24.5 Å². The van der Waals surface area contributed by atoms with Crippen LogP contribution < -0.4 is 4.90 Å². The van der Waals surface area contributed by atoms with Crippen LogP contribution in [-0.2, 0) is 15.0 Å². The molecule has 0 aliphatic carbocycles. The number of likely N-dealkylation sites (tertiary alicyclic amines) is 1. The molecule has 0 spiro atoms. The van der Waals surface area contributed by atoms with Gasteiger partial charge in [-0.15, -0.1) is 3.89 Å². The molecule has 124 valence electrons. The van der Waals surface area contributed by atoms with Crippen LogP contribution in [0.25, 0.3) is 0 Å². The van der Waals surface area contributed by atoms with Gasteiger partial charge in [0, 0.05) is 37.3 Å². The normalized spacial score (nSPS) is 22.0. The number of amides is 2. The fourth-order valence-electron chi connectivity index (χ4n) is 3.00. The number of anilines is 1. The van der Waals surface area contributed by atoms with Crippen LogP contribution in [-0.4, -0.2) is 50.0 Å². The van der Waals surface area contributed by atoms with E-state index in [9.17, 15) is 21.9 Å². The van der Waals surface area contributed by atoms with Crippen LogP contribution >= 0.6 is 0 Å². The van der Waals surface area contributed by atoms with Crippen LogP contribution in [0.3, 0.4) is 0 Å². The van der Waals surface area contributed by atoms with Gasteiger partial charge in [-0.05, 0) is 37.1 Å². The first-order valence-corrected chi connectivity index (χ1v) is 8.94. The second-order valence-corrected chi connectivity index (χ2v) is 7.47. The van der Waals surface area contributed by atoms with Gasteiger partial charge < -0.3 is 9.80 Å². The van der Waals surface area contributed by atoms with Crippen LogP contribution in [0.15, 0.2) is 24.3 Å². The molecule has 1 unspecified atom stereocenters. The van der Waals surface area contributed by atoms with Crippen LogP contribution in [0.1, 0.15) is 29.6 Å². The van der Waals surface area contributed by atoms with E-state index in [1.165, 1.54) is 4.90 Å². The summed E-state index contributed by atoms with van der Waals surface area (Å²) in [6.45, 7) is 1.31. The zero-order valence-corrected chi connectivity index (χ0v) is 13.3. The molecule has 3 rings (SSSR count). The Morgan fingerprint density at radius 3 is 2.26 bits per heavy atom. The lowest BCUT2D eigenvalue weighted by molar-refractivity contribution is -0.117. The molecule has 1 aromatic carbocycles. The van der Waals surface area contributed by atoms with Crippen molar-refractivity contribution < 1.29 is 21.9 Å². The predicted octanol–water partition coefficient (Wildman–Crippen LogP) is 1.33. The van der Waals surface area contributed by atoms with Crippen molar-refractivity contribution in [3.8, 4) is 0 Å². The monoisotopic (exact) mass is 340 g/mol. The van der Waals surface area contributed by atoms with Crippen molar-refractivity contribution in [1.82, 2.24) is 4.90 Å². The van der Waals surface area contributed by atoms with E-state index in [4.69, 9.17) is 0 Å². The lowest BCUT2D eigenvalue weighted by atomic mass is 10.1. The third-order valence-electron chi connectivity index (χ3n) is 4.31. The molecule has 6 nitrogen and oxygen atoms in total. The van der Waals surface area contributed by atoms with Gasteiger partial charge in [0.05, 0.1) is 0 Å². The van der Waals surface area contributed by atoms with Crippen molar-refractivity contribution in [3.63, 3.8) is 0 Å². The molecule has 1 aromatic rings. The number of carbonyl (C=O) groups excluding carboxylic acids is 2. The molecule has 2 amide bonds. The molecule has 0 radical (unpaired) electrons.